The molecule has 1 heterocycles. The van der Waals surface area contributed by atoms with Crippen molar-refractivity contribution in [1.82, 2.24) is 10.2 Å². The Balaban J connectivity index is 1.68. The lowest BCUT2D eigenvalue weighted by Gasteiger charge is -2.09. The van der Waals surface area contributed by atoms with Crippen molar-refractivity contribution in [3.63, 3.8) is 0 Å². The molecule has 0 bridgehead atoms. The molecule has 26 heavy (non-hydrogen) atoms. The average molecular weight is 354 g/mol. The molecule has 1 atom stereocenters. The Labute approximate surface area is 150 Å². The van der Waals surface area contributed by atoms with Crippen LogP contribution in [0.5, 0.6) is 5.75 Å². The molecule has 7 heteroatoms. The summed E-state index contributed by atoms with van der Waals surface area (Å²) in [6.45, 7) is 1.58. The van der Waals surface area contributed by atoms with Crippen molar-refractivity contribution in [2.45, 2.75) is 19.6 Å². The highest BCUT2D eigenvalue weighted by molar-refractivity contribution is 5.89. The molecule has 0 aliphatic rings. The van der Waals surface area contributed by atoms with E-state index in [1.165, 1.54) is 0 Å². The first kappa shape index (κ1) is 17.6. The van der Waals surface area contributed by atoms with E-state index in [1.807, 2.05) is 0 Å². The number of rotatable bonds is 6. The number of carbonyl (C=O) groups excluding carboxylic acids is 1. The summed E-state index contributed by atoms with van der Waals surface area (Å²) in [5, 5.41) is 17.0. The predicted octanol–water partition coefficient (Wildman–Crippen LogP) is 3.16. The lowest BCUT2D eigenvalue weighted by molar-refractivity contribution is 0.0280. The van der Waals surface area contributed by atoms with E-state index in [4.69, 9.17) is 19.0 Å². The van der Waals surface area contributed by atoms with Gasteiger partial charge in [0.25, 0.3) is 5.89 Å². The quantitative estimate of drug-likeness (QED) is 0.679. The average Bonchev–Trinajstić information content (AvgIpc) is 3.18. The largest absolute Gasteiger partial charge is 0.497 e. The van der Waals surface area contributed by atoms with Crippen molar-refractivity contribution in [3.05, 3.63) is 65.5 Å². The fourth-order valence-electron chi connectivity index (χ4n) is 2.27. The van der Waals surface area contributed by atoms with Crippen LogP contribution in [0.4, 0.5) is 0 Å². The lowest BCUT2D eigenvalue weighted by atomic mass is 10.1. The summed E-state index contributed by atoms with van der Waals surface area (Å²) < 4.78 is 16.1. The molecule has 2 aromatic carbocycles. The number of ether oxygens (including phenoxy) is 2. The maximum Gasteiger partial charge on any atom is 0.338 e. The molecule has 0 unspecified atom stereocenters. The highest BCUT2D eigenvalue weighted by atomic mass is 16.6. The number of hydrogen-bond acceptors (Lipinski definition) is 7. The molecule has 3 aromatic rings. The number of aromatic nitrogens is 2. The fraction of sp³-hybridized carbons (Fsp3) is 0.211. The summed E-state index contributed by atoms with van der Waals surface area (Å²) in [5.74, 6) is 0.753. The van der Waals surface area contributed by atoms with Crippen molar-refractivity contribution >= 4 is 5.97 Å². The van der Waals surface area contributed by atoms with Crippen molar-refractivity contribution in [3.8, 4) is 17.2 Å². The molecular weight excluding hydrogens is 336 g/mol. The van der Waals surface area contributed by atoms with Gasteiger partial charge >= 0.3 is 5.97 Å². The van der Waals surface area contributed by atoms with E-state index in [1.54, 1.807) is 62.6 Å². The minimum atomic E-state index is -0.695. The Kier molecular flexibility index (Phi) is 5.28. The predicted molar refractivity (Wildman–Crippen MR) is 92.5 cm³/mol. The second kappa shape index (κ2) is 7.79. The zero-order valence-corrected chi connectivity index (χ0v) is 14.4. The topological polar surface area (TPSA) is 94.7 Å². The molecule has 3 rings (SSSR count). The van der Waals surface area contributed by atoms with Crippen LogP contribution in [0.2, 0.25) is 0 Å². The summed E-state index contributed by atoms with van der Waals surface area (Å²) in [6.07, 6.45) is -0.695. The van der Waals surface area contributed by atoms with Crippen LogP contribution >= 0.6 is 0 Å². The molecule has 0 aliphatic heterocycles. The van der Waals surface area contributed by atoms with Crippen molar-refractivity contribution < 1.29 is 23.8 Å². The van der Waals surface area contributed by atoms with Gasteiger partial charge in [-0.1, -0.05) is 12.1 Å². The molecule has 0 aliphatic carbocycles. The molecule has 134 valence electrons. The van der Waals surface area contributed by atoms with Gasteiger partial charge in [-0.3, -0.25) is 0 Å². The summed E-state index contributed by atoms with van der Waals surface area (Å²) in [5.41, 5.74) is 1.84. The second-order valence-corrected chi connectivity index (χ2v) is 5.58. The Morgan fingerprint density at radius 1 is 1.12 bits per heavy atom. The van der Waals surface area contributed by atoms with Crippen LogP contribution in [-0.4, -0.2) is 28.4 Å². The van der Waals surface area contributed by atoms with Crippen LogP contribution in [0.1, 0.15) is 34.8 Å². The Morgan fingerprint density at radius 2 is 1.81 bits per heavy atom. The van der Waals surface area contributed by atoms with E-state index < -0.39 is 12.1 Å². The first-order valence-corrected chi connectivity index (χ1v) is 7.99. The third-order valence-electron chi connectivity index (χ3n) is 3.78. The molecule has 7 nitrogen and oxygen atoms in total. The standard InChI is InChI=1S/C19H18N2O5/c1-12(25-19(23)15-5-3-13(11-22)4-6-15)17-20-21-18(26-17)14-7-9-16(24-2)10-8-14/h3-10,12,22H,11H2,1-2H3/t12-/m0/s1. The first-order valence-electron chi connectivity index (χ1n) is 7.99. The monoisotopic (exact) mass is 354 g/mol. The molecule has 0 saturated carbocycles. The summed E-state index contributed by atoms with van der Waals surface area (Å²) >= 11 is 0. The van der Waals surface area contributed by atoms with Gasteiger partial charge in [0.05, 0.1) is 19.3 Å². The third-order valence-corrected chi connectivity index (χ3v) is 3.78. The highest BCUT2D eigenvalue weighted by Crippen LogP contribution is 2.24. The van der Waals surface area contributed by atoms with Crippen LogP contribution in [0, 0.1) is 0 Å². The Morgan fingerprint density at radius 3 is 2.42 bits per heavy atom. The van der Waals surface area contributed by atoms with Gasteiger partial charge in [0, 0.05) is 5.56 Å². The van der Waals surface area contributed by atoms with Gasteiger partial charge in [-0.05, 0) is 48.9 Å². The number of aliphatic hydroxyl groups excluding tert-OH is 1. The molecule has 1 aromatic heterocycles. The lowest BCUT2D eigenvalue weighted by Crippen LogP contribution is -2.09. The van der Waals surface area contributed by atoms with Gasteiger partial charge in [-0.15, -0.1) is 10.2 Å². The zero-order valence-electron chi connectivity index (χ0n) is 14.4. The number of methoxy groups -OCH3 is 1. The summed E-state index contributed by atoms with van der Waals surface area (Å²) in [6, 6.07) is 13.7. The summed E-state index contributed by atoms with van der Waals surface area (Å²) in [4.78, 5) is 12.2. The number of esters is 1. The molecule has 0 fully saturated rings. The van der Waals surface area contributed by atoms with Gasteiger partial charge < -0.3 is 19.0 Å². The molecular formula is C19H18N2O5. The van der Waals surface area contributed by atoms with Crippen LogP contribution in [0.3, 0.4) is 0 Å². The van der Waals surface area contributed by atoms with Crippen LogP contribution in [0.15, 0.2) is 52.9 Å². The molecule has 0 spiro atoms. The molecule has 0 amide bonds. The van der Waals surface area contributed by atoms with E-state index in [0.29, 0.717) is 11.5 Å². The maximum atomic E-state index is 12.2. The minimum absolute atomic E-state index is 0.0815. The van der Waals surface area contributed by atoms with Gasteiger partial charge in [-0.25, -0.2) is 4.79 Å². The number of carbonyl (C=O) groups is 1. The fourth-order valence-corrected chi connectivity index (χ4v) is 2.27. The van der Waals surface area contributed by atoms with E-state index in [9.17, 15) is 4.79 Å². The van der Waals surface area contributed by atoms with Crippen LogP contribution in [0.25, 0.3) is 11.5 Å². The van der Waals surface area contributed by atoms with E-state index in [-0.39, 0.29) is 12.5 Å². The Bertz CT molecular complexity index is 872. The maximum absolute atomic E-state index is 12.2. The summed E-state index contributed by atoms with van der Waals surface area (Å²) in [7, 11) is 1.59. The molecule has 1 N–H and O–H groups in total. The van der Waals surface area contributed by atoms with Gasteiger partial charge in [0.15, 0.2) is 6.10 Å². The van der Waals surface area contributed by atoms with Gasteiger partial charge in [-0.2, -0.15) is 0 Å². The van der Waals surface area contributed by atoms with E-state index >= 15 is 0 Å². The first-order chi connectivity index (χ1) is 12.6. The third kappa shape index (κ3) is 3.89. The Hall–Kier alpha value is -3.19. The van der Waals surface area contributed by atoms with Gasteiger partial charge in [0.2, 0.25) is 5.89 Å². The van der Waals surface area contributed by atoms with E-state index in [2.05, 4.69) is 10.2 Å². The normalized spacial score (nSPS) is 11.8. The zero-order chi connectivity index (χ0) is 18.5. The second-order valence-electron chi connectivity index (χ2n) is 5.58. The minimum Gasteiger partial charge on any atom is -0.497 e. The van der Waals surface area contributed by atoms with Gasteiger partial charge in [0.1, 0.15) is 5.75 Å². The van der Waals surface area contributed by atoms with Crippen LogP contribution < -0.4 is 4.74 Å². The number of nitrogens with zero attached hydrogens (tertiary/aromatic N) is 2. The van der Waals surface area contributed by atoms with Crippen LogP contribution in [-0.2, 0) is 11.3 Å². The van der Waals surface area contributed by atoms with Crippen molar-refractivity contribution in [2.24, 2.45) is 0 Å². The number of aliphatic hydroxyl groups is 1. The molecule has 0 radical (unpaired) electrons. The smallest absolute Gasteiger partial charge is 0.338 e. The number of benzene rings is 2. The SMILES string of the molecule is COc1ccc(-c2nnc([C@H](C)OC(=O)c3ccc(CO)cc3)o2)cc1. The molecule has 0 saturated heterocycles. The number of hydrogen-bond donors (Lipinski definition) is 1. The highest BCUT2D eigenvalue weighted by Gasteiger charge is 2.20. The van der Waals surface area contributed by atoms with Crippen molar-refractivity contribution in [2.75, 3.05) is 7.11 Å². The van der Waals surface area contributed by atoms with Crippen molar-refractivity contribution in [1.29, 1.82) is 0 Å². The van der Waals surface area contributed by atoms with E-state index in [0.717, 1.165) is 16.9 Å².